The minimum absolute atomic E-state index is 0.0378. The van der Waals surface area contributed by atoms with Gasteiger partial charge in [-0.2, -0.15) is 5.10 Å². The maximum absolute atomic E-state index is 15.0. The van der Waals surface area contributed by atoms with E-state index in [0.717, 1.165) is 57.6 Å². The molecule has 74 heavy (non-hydrogen) atoms. The molecule has 0 bridgehead atoms. The summed E-state index contributed by atoms with van der Waals surface area (Å²) in [6.45, 7) is 21.3. The van der Waals surface area contributed by atoms with E-state index in [-0.39, 0.29) is 39.4 Å². The number of ether oxygens (including phenoxy) is 2. The summed E-state index contributed by atoms with van der Waals surface area (Å²) in [5.41, 5.74) is 0.757. The highest BCUT2D eigenvalue weighted by Crippen LogP contribution is 2.40. The average molecular weight is 1040 g/mol. The van der Waals surface area contributed by atoms with Crippen LogP contribution in [0.4, 0.5) is 11.4 Å². The number of fused-ring (bicyclic) bond motifs is 1. The van der Waals surface area contributed by atoms with Crippen molar-refractivity contribution in [2.75, 3.05) is 18.5 Å². The maximum Gasteiger partial charge on any atom is 0.338 e. The normalized spacial score (nSPS) is 15.1. The van der Waals surface area contributed by atoms with Crippen molar-refractivity contribution in [1.82, 2.24) is 14.1 Å². The number of unbranched alkanes of at least 4 members (excludes halogenated alkanes) is 15. The molecule has 0 saturated carbocycles. The third kappa shape index (κ3) is 19.2. The summed E-state index contributed by atoms with van der Waals surface area (Å²) in [4.78, 5) is 32.1. The molecule has 5 rings (SSSR count). The first kappa shape index (κ1) is 59.7. The Kier molecular flexibility index (Phi) is 23.6. The van der Waals surface area contributed by atoms with Gasteiger partial charge in [-0.15, -0.1) is 0 Å². The van der Waals surface area contributed by atoms with Gasteiger partial charge in [0.1, 0.15) is 4.90 Å². The summed E-state index contributed by atoms with van der Waals surface area (Å²) in [7, 11) is -4.19. The number of amides is 1. The smallest absolute Gasteiger partial charge is 0.338 e. The highest BCUT2D eigenvalue weighted by Gasteiger charge is 2.41. The number of nitrogens with one attached hydrogen (secondary N) is 1. The molecule has 1 amide bonds. The van der Waals surface area contributed by atoms with E-state index in [0.29, 0.717) is 53.7 Å². The summed E-state index contributed by atoms with van der Waals surface area (Å²) in [6, 6.07) is 19.5. The van der Waals surface area contributed by atoms with Crippen molar-refractivity contribution < 1.29 is 32.6 Å². The molecule has 1 aliphatic rings. The Morgan fingerprint density at radius 2 is 1.23 bits per heavy atom. The standard InChI is InChI=1S/C61H91N5O7S/c1-10-11-12-13-14-15-16-17-18-19-20-21-22-23-24-31-40-66-57(63-51-33-26-30-37-55(51)74(66,70)71)56(65-44-49(43-62-65)59(68)69)58(67)64-50-32-25-27-34-52(50)73-54-36-29-28-35-53(54)72-45-48(47(3)42-61(7,8)9)39-38-46(2)41-60(4,5)6/h25-30,32-37,43-44,46-48,56H,10-24,31,38-42,45H2,1-9H3,(H,64,67)(H,68,69). The molecular weight excluding hydrogens is 947 g/mol. The number of rotatable bonds is 33. The van der Waals surface area contributed by atoms with Crippen LogP contribution < -0.4 is 14.8 Å². The molecule has 0 spiro atoms. The Labute approximate surface area is 445 Å². The van der Waals surface area contributed by atoms with Gasteiger partial charge in [-0.25, -0.2) is 18.2 Å². The predicted molar refractivity (Wildman–Crippen MR) is 301 cm³/mol. The zero-order valence-corrected chi connectivity index (χ0v) is 47.4. The highest BCUT2D eigenvalue weighted by molar-refractivity contribution is 7.90. The van der Waals surface area contributed by atoms with Gasteiger partial charge in [0.15, 0.2) is 29.1 Å². The summed E-state index contributed by atoms with van der Waals surface area (Å²) >= 11 is 0. The van der Waals surface area contributed by atoms with Crippen molar-refractivity contribution in [3.05, 3.63) is 90.8 Å². The molecule has 408 valence electrons. The van der Waals surface area contributed by atoms with Gasteiger partial charge in [-0.05, 0) is 90.7 Å². The van der Waals surface area contributed by atoms with Crippen LogP contribution in [-0.2, 0) is 14.8 Å². The first-order chi connectivity index (χ1) is 35.3. The fourth-order valence-corrected chi connectivity index (χ4v) is 12.1. The molecule has 0 aliphatic carbocycles. The number of amidine groups is 1. The van der Waals surface area contributed by atoms with Gasteiger partial charge in [0.2, 0.25) is 0 Å². The molecule has 1 aromatic heterocycles. The Hall–Kier alpha value is -5.17. The number of carbonyl (C=O) groups is 2. The van der Waals surface area contributed by atoms with Crippen LogP contribution >= 0.6 is 0 Å². The quantitative estimate of drug-likeness (QED) is 0.0447. The summed E-state index contributed by atoms with van der Waals surface area (Å²) in [6.07, 6.45) is 25.7. The van der Waals surface area contributed by atoms with Crippen LogP contribution in [0.2, 0.25) is 0 Å². The van der Waals surface area contributed by atoms with E-state index in [1.165, 1.54) is 91.9 Å². The average Bonchev–Trinajstić information content (AvgIpc) is 3.82. The van der Waals surface area contributed by atoms with Gasteiger partial charge in [0, 0.05) is 12.7 Å². The Morgan fingerprint density at radius 1 is 0.689 bits per heavy atom. The second-order valence-electron chi connectivity index (χ2n) is 23.5. The number of aromatic nitrogens is 2. The van der Waals surface area contributed by atoms with Crippen molar-refractivity contribution in [2.24, 2.45) is 33.6 Å². The second-order valence-corrected chi connectivity index (χ2v) is 25.4. The largest absolute Gasteiger partial charge is 0.489 e. The fraction of sp³-hybridized carbons (Fsp3) is 0.607. The van der Waals surface area contributed by atoms with E-state index in [9.17, 15) is 23.1 Å². The third-order valence-electron chi connectivity index (χ3n) is 14.1. The minimum Gasteiger partial charge on any atom is -0.489 e. The molecule has 4 atom stereocenters. The van der Waals surface area contributed by atoms with Gasteiger partial charge in [0.25, 0.3) is 15.9 Å². The highest BCUT2D eigenvalue weighted by atomic mass is 32.2. The molecule has 13 heteroatoms. The molecular formula is C61H91N5O7S. The van der Waals surface area contributed by atoms with E-state index < -0.39 is 27.9 Å². The van der Waals surface area contributed by atoms with Crippen molar-refractivity contribution in [3.8, 4) is 17.2 Å². The monoisotopic (exact) mass is 1040 g/mol. The van der Waals surface area contributed by atoms with E-state index in [4.69, 9.17) is 14.5 Å². The topological polar surface area (TPSA) is 152 Å². The van der Waals surface area contributed by atoms with Gasteiger partial charge >= 0.3 is 5.97 Å². The number of carboxylic acid groups (broad SMARTS) is 1. The predicted octanol–water partition coefficient (Wildman–Crippen LogP) is 16.5. The number of para-hydroxylation sites is 5. The lowest BCUT2D eigenvalue weighted by Gasteiger charge is -2.33. The maximum atomic E-state index is 15.0. The van der Waals surface area contributed by atoms with Crippen molar-refractivity contribution >= 4 is 39.1 Å². The number of hydrogen-bond acceptors (Lipinski definition) is 8. The van der Waals surface area contributed by atoms with Gasteiger partial charge in [0.05, 0.1) is 29.7 Å². The lowest BCUT2D eigenvalue weighted by Crippen LogP contribution is -2.47. The minimum atomic E-state index is -4.19. The Balaban J connectivity index is 1.32. The van der Waals surface area contributed by atoms with Gasteiger partial charge < -0.3 is 19.9 Å². The van der Waals surface area contributed by atoms with Crippen LogP contribution in [0.25, 0.3) is 0 Å². The van der Waals surface area contributed by atoms with E-state index in [2.05, 4.69) is 72.7 Å². The number of sulfonamides is 1. The first-order valence-corrected chi connectivity index (χ1v) is 29.5. The number of carboxylic acids is 1. The molecule has 2 heterocycles. The number of anilines is 1. The first-order valence-electron chi connectivity index (χ1n) is 28.0. The lowest BCUT2D eigenvalue weighted by molar-refractivity contribution is -0.117. The fourth-order valence-electron chi connectivity index (χ4n) is 10.5. The van der Waals surface area contributed by atoms with Gasteiger partial charge in [-0.1, -0.05) is 201 Å². The number of aliphatic imine (C=N–C) groups is 1. The molecule has 0 radical (unpaired) electrons. The molecule has 0 fully saturated rings. The zero-order chi connectivity index (χ0) is 53.7. The number of carbonyl (C=O) groups excluding carboxylic acids is 1. The van der Waals surface area contributed by atoms with Crippen molar-refractivity contribution in [1.29, 1.82) is 0 Å². The molecule has 2 N–H and O–H groups in total. The molecule has 0 saturated heterocycles. The number of nitrogens with zero attached hydrogens (tertiary/aromatic N) is 4. The Morgan fingerprint density at radius 3 is 1.81 bits per heavy atom. The molecule has 4 aromatic rings. The molecule has 1 aliphatic heterocycles. The van der Waals surface area contributed by atoms with Crippen LogP contribution in [0.5, 0.6) is 17.2 Å². The molecule has 12 nitrogen and oxygen atoms in total. The number of hydrogen-bond donors (Lipinski definition) is 2. The Bertz CT molecular complexity index is 2490. The van der Waals surface area contributed by atoms with E-state index in [1.807, 2.05) is 24.3 Å². The van der Waals surface area contributed by atoms with Crippen molar-refractivity contribution in [2.45, 2.75) is 202 Å². The summed E-state index contributed by atoms with van der Waals surface area (Å²) in [5.74, 6) is 0.692. The summed E-state index contributed by atoms with van der Waals surface area (Å²) in [5, 5.41) is 17.3. The van der Waals surface area contributed by atoms with E-state index in [1.54, 1.807) is 42.5 Å². The van der Waals surface area contributed by atoms with Crippen LogP contribution in [0.1, 0.15) is 207 Å². The van der Waals surface area contributed by atoms with Crippen LogP contribution in [0.3, 0.4) is 0 Å². The molecule has 4 unspecified atom stereocenters. The van der Waals surface area contributed by atoms with E-state index >= 15 is 0 Å². The SMILES string of the molecule is CCCCCCCCCCCCCCCCCCN1C(C(C(=O)Nc2ccccc2Oc2ccccc2OCC(CCC(C)CC(C)(C)C)C(C)CC(C)(C)C)n2cc(C(=O)O)cn2)=Nc2ccccc2S1(=O)=O. The lowest BCUT2D eigenvalue weighted by atomic mass is 9.76. The molecule has 3 aromatic carbocycles. The van der Waals surface area contributed by atoms with Crippen LogP contribution in [-0.4, -0.2) is 58.5 Å². The van der Waals surface area contributed by atoms with Crippen LogP contribution in [0, 0.1) is 28.6 Å². The van der Waals surface area contributed by atoms with Crippen molar-refractivity contribution in [3.63, 3.8) is 0 Å². The van der Waals surface area contributed by atoms with Crippen LogP contribution in [0.15, 0.2) is 95.1 Å². The third-order valence-corrected chi connectivity index (χ3v) is 16.0. The summed E-state index contributed by atoms with van der Waals surface area (Å²) < 4.78 is 44.8. The second kappa shape index (κ2) is 29.2. The van der Waals surface area contributed by atoms with Gasteiger partial charge in [-0.3, -0.25) is 13.8 Å². The zero-order valence-electron chi connectivity index (χ0n) is 46.5. The number of benzene rings is 3. The number of aromatic carboxylic acids is 1.